The summed E-state index contributed by atoms with van der Waals surface area (Å²) in [5.74, 6) is -1.89. The lowest BCUT2D eigenvalue weighted by Gasteiger charge is -2.39. The van der Waals surface area contributed by atoms with E-state index in [2.05, 4.69) is 0 Å². The van der Waals surface area contributed by atoms with Crippen LogP contribution in [0.3, 0.4) is 0 Å². The average Bonchev–Trinajstić information content (AvgIpc) is 3.34. The van der Waals surface area contributed by atoms with Gasteiger partial charge in [0.25, 0.3) is 0 Å². The Labute approximate surface area is 195 Å². The van der Waals surface area contributed by atoms with Crippen molar-refractivity contribution in [1.29, 1.82) is 5.26 Å². The Kier molecular flexibility index (Phi) is 5.02. The van der Waals surface area contributed by atoms with Gasteiger partial charge in [0.05, 0.1) is 34.4 Å². The van der Waals surface area contributed by atoms with Gasteiger partial charge < -0.3 is 4.57 Å². The second-order valence-electron chi connectivity index (χ2n) is 8.29. The number of hydrogen-bond donors (Lipinski definition) is 0. The number of rotatable bonds is 2. The molecule has 3 aromatic rings. The monoisotopic (exact) mass is 486 g/mol. The van der Waals surface area contributed by atoms with E-state index in [9.17, 15) is 32.8 Å². The van der Waals surface area contributed by atoms with E-state index < -0.39 is 35.6 Å². The van der Waals surface area contributed by atoms with E-state index in [1.54, 1.807) is 25.2 Å². The van der Waals surface area contributed by atoms with Gasteiger partial charge in [0, 0.05) is 12.7 Å². The molecule has 0 bridgehead atoms. The Bertz CT molecular complexity index is 1450. The highest BCUT2D eigenvalue weighted by molar-refractivity contribution is 7.16. The first-order valence-electron chi connectivity index (χ1n) is 10.4. The molecule has 2 heterocycles. The number of hydrogen-bond acceptors (Lipinski definition) is 5. The Morgan fingerprint density at radius 2 is 1.91 bits per heavy atom. The number of nitriles is 1. The fraction of sp³-hybridized carbons (Fsp3) is 0.304. The number of halogens is 3. The predicted molar refractivity (Wildman–Crippen MR) is 118 cm³/mol. The molecular weight excluding hydrogens is 469 g/mol. The fourth-order valence-corrected chi connectivity index (χ4v) is 5.70. The molecule has 1 saturated heterocycles. The van der Waals surface area contributed by atoms with E-state index in [1.165, 1.54) is 21.6 Å². The van der Waals surface area contributed by atoms with Crippen LogP contribution < -0.4 is 9.77 Å². The molecule has 2 aliphatic rings. The summed E-state index contributed by atoms with van der Waals surface area (Å²) in [5.41, 5.74) is 0.646. The highest BCUT2D eigenvalue weighted by Crippen LogP contribution is 2.44. The number of amides is 3. The summed E-state index contributed by atoms with van der Waals surface area (Å²) in [7, 11) is 1.63. The van der Waals surface area contributed by atoms with Crippen LogP contribution in [0, 0.1) is 17.2 Å². The number of imide groups is 1. The smallest absolute Gasteiger partial charge is 0.302 e. The molecule has 0 radical (unpaired) electrons. The van der Waals surface area contributed by atoms with E-state index >= 15 is 0 Å². The molecule has 11 heteroatoms. The van der Waals surface area contributed by atoms with Crippen LogP contribution in [-0.2, 0) is 24.4 Å². The number of aryl methyl sites for hydroxylation is 1. The lowest BCUT2D eigenvalue weighted by molar-refractivity contribution is -0.138. The van der Waals surface area contributed by atoms with Crippen molar-refractivity contribution in [2.75, 3.05) is 11.4 Å². The van der Waals surface area contributed by atoms with Gasteiger partial charge >= 0.3 is 17.1 Å². The number of carbonyl (C=O) groups is 2. The van der Waals surface area contributed by atoms with Gasteiger partial charge in [-0.1, -0.05) is 23.5 Å². The van der Waals surface area contributed by atoms with E-state index in [-0.39, 0.29) is 35.4 Å². The van der Waals surface area contributed by atoms with E-state index in [0.717, 1.165) is 22.3 Å². The summed E-state index contributed by atoms with van der Waals surface area (Å²) in [5, 5.41) is 9.60. The van der Waals surface area contributed by atoms with Crippen LogP contribution in [0.15, 0.2) is 41.2 Å². The van der Waals surface area contributed by atoms with Gasteiger partial charge in [0.15, 0.2) is 0 Å². The Morgan fingerprint density at radius 3 is 2.62 bits per heavy atom. The fourth-order valence-electron chi connectivity index (χ4n) is 4.79. The molecule has 0 N–H and O–H groups in total. The number of benzene rings is 2. The molecule has 1 aliphatic heterocycles. The van der Waals surface area contributed by atoms with Crippen molar-refractivity contribution in [3.63, 3.8) is 0 Å². The summed E-state index contributed by atoms with van der Waals surface area (Å²) in [4.78, 5) is 40.6. The SMILES string of the molecule is Cn1c(=O)sc2cc(N3CC(C#N)C(=O)N(C4CCc5c4cccc5C(F)(F)F)C3=O)ccc21. The van der Waals surface area contributed by atoms with E-state index in [1.807, 2.05) is 6.07 Å². The first-order valence-corrected chi connectivity index (χ1v) is 11.3. The first-order chi connectivity index (χ1) is 16.1. The van der Waals surface area contributed by atoms with Crippen molar-refractivity contribution in [1.82, 2.24) is 9.47 Å². The van der Waals surface area contributed by atoms with Crippen molar-refractivity contribution < 1.29 is 22.8 Å². The predicted octanol–water partition coefficient (Wildman–Crippen LogP) is 4.21. The van der Waals surface area contributed by atoms with Crippen molar-refractivity contribution >= 4 is 39.2 Å². The highest BCUT2D eigenvalue weighted by atomic mass is 32.1. The largest absolute Gasteiger partial charge is 0.416 e. The number of urea groups is 1. The highest BCUT2D eigenvalue weighted by Gasteiger charge is 2.47. The molecule has 0 spiro atoms. The van der Waals surface area contributed by atoms with Gasteiger partial charge in [0.2, 0.25) is 5.91 Å². The zero-order chi connectivity index (χ0) is 24.4. The molecule has 0 saturated carbocycles. The number of anilines is 1. The Hall–Kier alpha value is -3.65. The number of carbonyl (C=O) groups excluding carboxylic acids is 2. The lowest BCUT2D eigenvalue weighted by atomic mass is 9.99. The molecule has 3 amide bonds. The zero-order valence-corrected chi connectivity index (χ0v) is 18.6. The Balaban J connectivity index is 1.57. The van der Waals surface area contributed by atoms with Crippen molar-refractivity contribution in [2.24, 2.45) is 13.0 Å². The molecule has 7 nitrogen and oxygen atoms in total. The molecule has 1 aliphatic carbocycles. The molecule has 1 aromatic heterocycles. The zero-order valence-electron chi connectivity index (χ0n) is 17.8. The van der Waals surface area contributed by atoms with Gasteiger partial charge in [-0.05, 0) is 48.2 Å². The average molecular weight is 486 g/mol. The topological polar surface area (TPSA) is 86.4 Å². The van der Waals surface area contributed by atoms with E-state index in [4.69, 9.17) is 0 Å². The minimum absolute atomic E-state index is 0.0634. The van der Waals surface area contributed by atoms with Gasteiger partial charge in [-0.3, -0.25) is 19.4 Å². The second kappa shape index (κ2) is 7.70. The number of alkyl halides is 3. The normalized spacial score (nSPS) is 20.7. The first kappa shape index (κ1) is 22.2. The van der Waals surface area contributed by atoms with Gasteiger partial charge in [0.1, 0.15) is 5.92 Å². The van der Waals surface area contributed by atoms with Gasteiger partial charge in [-0.25, -0.2) is 4.79 Å². The molecule has 2 atom stereocenters. The Morgan fingerprint density at radius 1 is 1.15 bits per heavy atom. The third-order valence-corrected chi connectivity index (χ3v) is 7.43. The summed E-state index contributed by atoms with van der Waals surface area (Å²) in [6.45, 7) is -0.180. The number of thiazole rings is 1. The number of aromatic nitrogens is 1. The third-order valence-electron chi connectivity index (χ3n) is 6.44. The van der Waals surface area contributed by atoms with Crippen LogP contribution in [0.25, 0.3) is 10.2 Å². The second-order valence-corrected chi connectivity index (χ2v) is 9.28. The van der Waals surface area contributed by atoms with Crippen LogP contribution in [0.2, 0.25) is 0 Å². The minimum Gasteiger partial charge on any atom is -0.302 e. The van der Waals surface area contributed by atoms with Crippen molar-refractivity contribution in [2.45, 2.75) is 25.1 Å². The van der Waals surface area contributed by atoms with Crippen LogP contribution in [0.5, 0.6) is 0 Å². The van der Waals surface area contributed by atoms with Crippen LogP contribution >= 0.6 is 11.3 Å². The molecule has 174 valence electrons. The summed E-state index contributed by atoms with van der Waals surface area (Å²) in [6, 6.07) is 9.03. The quantitative estimate of drug-likeness (QED) is 0.543. The molecule has 2 unspecified atom stereocenters. The molecule has 1 fully saturated rings. The van der Waals surface area contributed by atoms with Crippen LogP contribution in [-0.4, -0.2) is 28.0 Å². The van der Waals surface area contributed by atoms with Crippen molar-refractivity contribution in [3.8, 4) is 6.07 Å². The summed E-state index contributed by atoms with van der Waals surface area (Å²) < 4.78 is 42.6. The third kappa shape index (κ3) is 3.28. The maximum atomic E-state index is 13.5. The molecular formula is C23H17F3N4O3S. The summed E-state index contributed by atoms with van der Waals surface area (Å²) >= 11 is 1.00. The van der Waals surface area contributed by atoms with Crippen LogP contribution in [0.4, 0.5) is 23.7 Å². The van der Waals surface area contributed by atoms with Crippen molar-refractivity contribution in [3.05, 3.63) is 62.8 Å². The van der Waals surface area contributed by atoms with Crippen LogP contribution in [0.1, 0.15) is 29.2 Å². The number of fused-ring (bicyclic) bond motifs is 2. The van der Waals surface area contributed by atoms with Gasteiger partial charge in [-0.2, -0.15) is 18.4 Å². The lowest BCUT2D eigenvalue weighted by Crippen LogP contribution is -2.57. The van der Waals surface area contributed by atoms with Gasteiger partial charge in [-0.15, -0.1) is 0 Å². The maximum Gasteiger partial charge on any atom is 0.416 e. The minimum atomic E-state index is -4.55. The number of nitrogens with zero attached hydrogens (tertiary/aromatic N) is 4. The summed E-state index contributed by atoms with van der Waals surface area (Å²) in [6.07, 6.45) is -4.34. The maximum absolute atomic E-state index is 13.5. The molecule has 2 aromatic carbocycles. The molecule has 34 heavy (non-hydrogen) atoms. The standard InChI is InChI=1S/C23H17F3N4O3S/c1-28-18-7-5-13(9-19(18)34-22(28)33)29-11-12(10-27)20(31)30(21(29)32)17-8-6-14-15(17)3-2-4-16(14)23(24,25)26/h2-5,7,9,12,17H,6,8,11H2,1H3. The molecule has 5 rings (SSSR count). The van der Waals surface area contributed by atoms with E-state index in [0.29, 0.717) is 15.9 Å².